The largest absolute Gasteiger partial charge is 0.337 e. The molecule has 2 saturated heterocycles. The maximum Gasteiger partial charge on any atom is 0.253 e. The monoisotopic (exact) mass is 311 g/mol. The van der Waals surface area contributed by atoms with Gasteiger partial charge in [0.1, 0.15) is 0 Å². The molecule has 3 atom stereocenters. The van der Waals surface area contributed by atoms with E-state index in [-0.39, 0.29) is 5.91 Å². The van der Waals surface area contributed by atoms with Gasteiger partial charge in [-0.05, 0) is 63.8 Å². The van der Waals surface area contributed by atoms with Gasteiger partial charge in [-0.2, -0.15) is 5.26 Å². The van der Waals surface area contributed by atoms with E-state index in [1.807, 2.05) is 4.90 Å². The van der Waals surface area contributed by atoms with Gasteiger partial charge in [0.15, 0.2) is 0 Å². The fraction of sp³-hybridized carbons (Fsp3) is 0.579. The second-order valence-electron chi connectivity index (χ2n) is 6.96. The molecule has 1 aromatic carbocycles. The highest BCUT2D eigenvalue weighted by molar-refractivity contribution is 5.94. The number of carbonyl (C=O) groups excluding carboxylic acids is 1. The van der Waals surface area contributed by atoms with Crippen molar-refractivity contribution in [3.63, 3.8) is 0 Å². The molecule has 0 unspecified atom stereocenters. The van der Waals surface area contributed by atoms with E-state index in [0.29, 0.717) is 29.3 Å². The molecule has 122 valence electrons. The summed E-state index contributed by atoms with van der Waals surface area (Å²) in [6.45, 7) is 6.29. The van der Waals surface area contributed by atoms with Crippen LogP contribution in [0.2, 0.25) is 0 Å². The van der Waals surface area contributed by atoms with Crippen molar-refractivity contribution in [3.8, 4) is 6.07 Å². The lowest BCUT2D eigenvalue weighted by Gasteiger charge is -2.41. The molecule has 2 aliphatic rings. The van der Waals surface area contributed by atoms with E-state index in [1.54, 1.807) is 24.3 Å². The fourth-order valence-electron chi connectivity index (χ4n) is 4.19. The Kier molecular flexibility index (Phi) is 4.68. The molecule has 0 spiro atoms. The number of carbonyl (C=O) groups is 1. The molecule has 4 heteroatoms. The smallest absolute Gasteiger partial charge is 0.253 e. The minimum Gasteiger partial charge on any atom is -0.337 e. The predicted molar refractivity (Wildman–Crippen MR) is 90.1 cm³/mol. The first-order chi connectivity index (χ1) is 11.1. The van der Waals surface area contributed by atoms with Crippen molar-refractivity contribution in [1.82, 2.24) is 9.80 Å². The Bertz CT molecular complexity index is 594. The predicted octanol–water partition coefficient (Wildman–Crippen LogP) is 3.04. The van der Waals surface area contributed by atoms with Crippen LogP contribution in [0.1, 0.15) is 55.5 Å². The summed E-state index contributed by atoms with van der Waals surface area (Å²) < 4.78 is 0. The molecule has 3 rings (SSSR count). The van der Waals surface area contributed by atoms with Crippen molar-refractivity contribution in [2.24, 2.45) is 0 Å². The number of nitrogens with zero attached hydrogens (tertiary/aromatic N) is 3. The standard InChI is InChI=1S/C19H25N3O/c1-14-5-6-15(2)22(14)18-4-3-11-21(13-18)19(23)17-9-7-16(12-20)8-10-17/h7-10,14-15,18H,3-6,11,13H2,1-2H3/t14-,15-,18-/m1/s1. The molecule has 1 amide bonds. The summed E-state index contributed by atoms with van der Waals surface area (Å²) in [6, 6.07) is 10.8. The zero-order valence-corrected chi connectivity index (χ0v) is 14.0. The molecule has 0 aromatic heterocycles. The number of rotatable bonds is 2. The Labute approximate surface area is 138 Å². The minimum absolute atomic E-state index is 0.0960. The SMILES string of the molecule is C[C@@H]1CC[C@@H](C)N1[C@@H]1CCCN(C(=O)c2ccc(C#N)cc2)C1. The van der Waals surface area contributed by atoms with Crippen molar-refractivity contribution >= 4 is 5.91 Å². The van der Waals surface area contributed by atoms with Gasteiger partial charge in [0.25, 0.3) is 5.91 Å². The van der Waals surface area contributed by atoms with Gasteiger partial charge < -0.3 is 4.90 Å². The number of hydrogen-bond acceptors (Lipinski definition) is 3. The minimum atomic E-state index is 0.0960. The molecule has 0 aliphatic carbocycles. The Morgan fingerprint density at radius 1 is 1.13 bits per heavy atom. The summed E-state index contributed by atoms with van der Waals surface area (Å²) in [5.74, 6) is 0.0960. The van der Waals surface area contributed by atoms with Crippen LogP contribution in [0.5, 0.6) is 0 Å². The van der Waals surface area contributed by atoms with Crippen LogP contribution in [-0.2, 0) is 0 Å². The van der Waals surface area contributed by atoms with E-state index in [9.17, 15) is 4.79 Å². The molecule has 0 N–H and O–H groups in total. The maximum absolute atomic E-state index is 12.7. The number of hydrogen-bond donors (Lipinski definition) is 0. The molecule has 0 saturated carbocycles. The quantitative estimate of drug-likeness (QED) is 0.843. The molecule has 2 heterocycles. The van der Waals surface area contributed by atoms with Crippen LogP contribution in [0.25, 0.3) is 0 Å². The van der Waals surface area contributed by atoms with Gasteiger partial charge in [0.2, 0.25) is 0 Å². The molecular weight excluding hydrogens is 286 g/mol. The Morgan fingerprint density at radius 2 is 1.78 bits per heavy atom. The second kappa shape index (κ2) is 6.72. The summed E-state index contributed by atoms with van der Waals surface area (Å²) in [5, 5.41) is 8.87. The zero-order chi connectivity index (χ0) is 16.4. The molecule has 2 aliphatic heterocycles. The average Bonchev–Trinajstić information content (AvgIpc) is 2.93. The van der Waals surface area contributed by atoms with E-state index >= 15 is 0 Å². The van der Waals surface area contributed by atoms with Gasteiger partial charge in [-0.15, -0.1) is 0 Å². The molecule has 0 radical (unpaired) electrons. The van der Waals surface area contributed by atoms with Crippen LogP contribution < -0.4 is 0 Å². The van der Waals surface area contributed by atoms with Gasteiger partial charge in [-0.1, -0.05) is 0 Å². The van der Waals surface area contributed by atoms with Crippen LogP contribution in [-0.4, -0.2) is 46.9 Å². The van der Waals surface area contributed by atoms with Crippen LogP contribution in [0, 0.1) is 11.3 Å². The number of likely N-dealkylation sites (tertiary alicyclic amines) is 2. The summed E-state index contributed by atoms with van der Waals surface area (Å²) in [5.41, 5.74) is 1.28. The highest BCUT2D eigenvalue weighted by Crippen LogP contribution is 2.30. The highest BCUT2D eigenvalue weighted by Gasteiger charge is 2.36. The summed E-state index contributed by atoms with van der Waals surface area (Å²) in [6.07, 6.45) is 4.79. The lowest BCUT2D eigenvalue weighted by molar-refractivity contribution is 0.0487. The second-order valence-corrected chi connectivity index (χ2v) is 6.96. The third-order valence-electron chi connectivity index (χ3n) is 5.39. The van der Waals surface area contributed by atoms with Crippen molar-refractivity contribution in [2.75, 3.05) is 13.1 Å². The van der Waals surface area contributed by atoms with Crippen LogP contribution >= 0.6 is 0 Å². The third kappa shape index (κ3) is 3.25. The molecule has 0 bridgehead atoms. The van der Waals surface area contributed by atoms with E-state index in [2.05, 4.69) is 24.8 Å². The van der Waals surface area contributed by atoms with Gasteiger partial charge in [-0.25, -0.2) is 0 Å². The Hall–Kier alpha value is -1.86. The highest BCUT2D eigenvalue weighted by atomic mass is 16.2. The van der Waals surface area contributed by atoms with E-state index < -0.39 is 0 Å². The molecule has 4 nitrogen and oxygen atoms in total. The van der Waals surface area contributed by atoms with Crippen LogP contribution in [0.15, 0.2) is 24.3 Å². The first-order valence-electron chi connectivity index (χ1n) is 8.67. The lowest BCUT2D eigenvalue weighted by atomic mass is 10.0. The summed E-state index contributed by atoms with van der Waals surface area (Å²) in [7, 11) is 0. The summed E-state index contributed by atoms with van der Waals surface area (Å²) in [4.78, 5) is 17.4. The van der Waals surface area contributed by atoms with Crippen molar-refractivity contribution < 1.29 is 4.79 Å². The molecule has 1 aromatic rings. The first-order valence-corrected chi connectivity index (χ1v) is 8.67. The van der Waals surface area contributed by atoms with Gasteiger partial charge in [-0.3, -0.25) is 9.69 Å². The first kappa shape index (κ1) is 16.0. The zero-order valence-electron chi connectivity index (χ0n) is 14.0. The van der Waals surface area contributed by atoms with Crippen molar-refractivity contribution in [1.29, 1.82) is 5.26 Å². The number of amides is 1. The lowest BCUT2D eigenvalue weighted by Crippen LogP contribution is -2.52. The normalized spacial score (nSPS) is 28.6. The van der Waals surface area contributed by atoms with Crippen molar-refractivity contribution in [3.05, 3.63) is 35.4 Å². The number of nitriles is 1. The van der Waals surface area contributed by atoms with E-state index in [0.717, 1.165) is 19.5 Å². The Morgan fingerprint density at radius 3 is 2.39 bits per heavy atom. The maximum atomic E-state index is 12.7. The van der Waals surface area contributed by atoms with Crippen molar-refractivity contribution in [2.45, 2.75) is 57.7 Å². The van der Waals surface area contributed by atoms with Crippen LogP contribution in [0.4, 0.5) is 0 Å². The molecule has 23 heavy (non-hydrogen) atoms. The number of benzene rings is 1. The summed E-state index contributed by atoms with van der Waals surface area (Å²) >= 11 is 0. The van der Waals surface area contributed by atoms with E-state index in [1.165, 1.54) is 19.3 Å². The van der Waals surface area contributed by atoms with Crippen LogP contribution in [0.3, 0.4) is 0 Å². The van der Waals surface area contributed by atoms with Gasteiger partial charge in [0.05, 0.1) is 11.6 Å². The van der Waals surface area contributed by atoms with Gasteiger partial charge >= 0.3 is 0 Å². The van der Waals surface area contributed by atoms with Gasteiger partial charge in [0, 0.05) is 36.8 Å². The number of piperidine rings is 1. The third-order valence-corrected chi connectivity index (χ3v) is 5.39. The van der Waals surface area contributed by atoms with E-state index in [4.69, 9.17) is 5.26 Å². The fourth-order valence-corrected chi connectivity index (χ4v) is 4.19. The average molecular weight is 311 g/mol. The topological polar surface area (TPSA) is 47.3 Å². The Balaban J connectivity index is 1.70. The molecule has 2 fully saturated rings. The molecular formula is C19H25N3O.